The molecular weight excluding hydrogens is 398 g/mol. The molecule has 7 heteroatoms. The molecule has 0 saturated carbocycles. The molecule has 0 fully saturated rings. The Labute approximate surface area is 179 Å². The highest BCUT2D eigenvalue weighted by atomic mass is 32.2. The summed E-state index contributed by atoms with van der Waals surface area (Å²) in [4.78, 5) is 13.9. The molecule has 3 rings (SSSR count). The Morgan fingerprint density at radius 1 is 1.10 bits per heavy atom. The van der Waals surface area contributed by atoms with Crippen molar-refractivity contribution in [1.29, 1.82) is 0 Å². The zero-order chi connectivity index (χ0) is 21.7. The van der Waals surface area contributed by atoms with Crippen LogP contribution in [0.4, 0.5) is 5.69 Å². The van der Waals surface area contributed by atoms with Crippen molar-refractivity contribution in [3.63, 3.8) is 0 Å². The fraction of sp³-hybridized carbons (Fsp3) is 0.348. The summed E-state index contributed by atoms with van der Waals surface area (Å²) < 4.78 is 26.4. The first kappa shape index (κ1) is 22.2. The first-order valence-corrected chi connectivity index (χ1v) is 11.7. The van der Waals surface area contributed by atoms with Gasteiger partial charge in [-0.25, -0.2) is 8.42 Å². The van der Waals surface area contributed by atoms with Gasteiger partial charge in [-0.15, -0.1) is 0 Å². The standard InChI is InChI=1S/C23H29N3O3S/c1-18(2)25(3)30(28,29)22-11-9-21(10-12-22)24-23(27)17-26-15-13-20(14-16-26)19-7-5-4-6-8-19/h4-13,18H,14-17H2,1-3H3,(H,24,27)/p+1. The summed E-state index contributed by atoms with van der Waals surface area (Å²) in [5.74, 6) is -0.0727. The maximum absolute atomic E-state index is 12.5. The quantitative estimate of drug-likeness (QED) is 0.709. The van der Waals surface area contributed by atoms with Crippen molar-refractivity contribution in [3.05, 3.63) is 66.2 Å². The van der Waals surface area contributed by atoms with E-state index in [1.165, 1.54) is 32.5 Å². The zero-order valence-electron chi connectivity index (χ0n) is 17.8. The lowest BCUT2D eigenvalue weighted by Gasteiger charge is -2.23. The maximum Gasteiger partial charge on any atom is 0.279 e. The summed E-state index contributed by atoms with van der Waals surface area (Å²) in [6.45, 7) is 5.76. The SMILES string of the molecule is CC(C)N(C)S(=O)(=O)c1ccc(NC(=O)C[NH+]2CC=C(c3ccccc3)CC2)cc1. The Kier molecular flexibility index (Phi) is 7.07. The number of carbonyl (C=O) groups excluding carboxylic acids is 1. The molecule has 160 valence electrons. The van der Waals surface area contributed by atoms with Crippen LogP contribution in [-0.2, 0) is 14.8 Å². The zero-order valence-corrected chi connectivity index (χ0v) is 18.6. The highest BCUT2D eigenvalue weighted by Crippen LogP contribution is 2.19. The summed E-state index contributed by atoms with van der Waals surface area (Å²) in [6.07, 6.45) is 3.16. The molecule has 0 saturated heterocycles. The minimum atomic E-state index is -3.52. The van der Waals surface area contributed by atoms with Gasteiger partial charge in [0.05, 0.1) is 18.0 Å². The average molecular weight is 429 g/mol. The molecule has 2 aromatic carbocycles. The van der Waals surface area contributed by atoms with Gasteiger partial charge in [-0.05, 0) is 55.3 Å². The maximum atomic E-state index is 12.5. The number of carbonyl (C=O) groups is 1. The van der Waals surface area contributed by atoms with Gasteiger partial charge in [0.15, 0.2) is 6.54 Å². The van der Waals surface area contributed by atoms with Crippen LogP contribution >= 0.6 is 0 Å². The number of nitrogens with one attached hydrogen (secondary N) is 2. The second-order valence-electron chi connectivity index (χ2n) is 7.91. The van der Waals surface area contributed by atoms with Crippen LogP contribution in [0.2, 0.25) is 0 Å². The van der Waals surface area contributed by atoms with Crippen molar-refractivity contribution >= 4 is 27.2 Å². The molecule has 1 amide bonds. The van der Waals surface area contributed by atoms with Crippen molar-refractivity contribution in [2.75, 3.05) is 32.0 Å². The summed E-state index contributed by atoms with van der Waals surface area (Å²) in [5.41, 5.74) is 3.19. The largest absolute Gasteiger partial charge is 0.324 e. The van der Waals surface area contributed by atoms with E-state index in [9.17, 15) is 13.2 Å². The minimum Gasteiger partial charge on any atom is -0.324 e. The Morgan fingerprint density at radius 3 is 2.33 bits per heavy atom. The van der Waals surface area contributed by atoms with E-state index in [1.807, 2.05) is 32.0 Å². The number of anilines is 1. The van der Waals surface area contributed by atoms with Crippen LogP contribution in [0.3, 0.4) is 0 Å². The van der Waals surface area contributed by atoms with Gasteiger partial charge in [-0.3, -0.25) is 4.79 Å². The Bertz CT molecular complexity index is 1000. The minimum absolute atomic E-state index is 0.0727. The Hall–Kier alpha value is -2.48. The first-order chi connectivity index (χ1) is 14.3. The second-order valence-corrected chi connectivity index (χ2v) is 9.91. The van der Waals surface area contributed by atoms with Crippen molar-refractivity contribution in [3.8, 4) is 0 Å². The van der Waals surface area contributed by atoms with Gasteiger partial charge >= 0.3 is 0 Å². The number of benzene rings is 2. The molecule has 0 bridgehead atoms. The van der Waals surface area contributed by atoms with Gasteiger partial charge in [-0.1, -0.05) is 30.3 Å². The van der Waals surface area contributed by atoms with Gasteiger partial charge < -0.3 is 10.2 Å². The topological polar surface area (TPSA) is 70.9 Å². The van der Waals surface area contributed by atoms with Gasteiger partial charge in [0.25, 0.3) is 5.91 Å². The van der Waals surface area contributed by atoms with Gasteiger partial charge in [0.2, 0.25) is 10.0 Å². The lowest BCUT2D eigenvalue weighted by Crippen LogP contribution is -3.13. The monoisotopic (exact) mass is 428 g/mol. The van der Waals surface area contributed by atoms with E-state index in [0.29, 0.717) is 12.2 Å². The Balaban J connectivity index is 1.55. The van der Waals surface area contributed by atoms with Crippen LogP contribution in [0.25, 0.3) is 5.57 Å². The lowest BCUT2D eigenvalue weighted by molar-refractivity contribution is -0.886. The molecule has 0 aliphatic carbocycles. The van der Waals surface area contributed by atoms with Crippen molar-refractivity contribution in [2.45, 2.75) is 31.2 Å². The van der Waals surface area contributed by atoms with Crippen LogP contribution in [0.1, 0.15) is 25.8 Å². The van der Waals surface area contributed by atoms with E-state index in [0.717, 1.165) is 19.5 Å². The number of amides is 1. The number of hydrogen-bond donors (Lipinski definition) is 2. The number of hydrogen-bond acceptors (Lipinski definition) is 3. The van der Waals surface area contributed by atoms with E-state index in [-0.39, 0.29) is 16.8 Å². The molecule has 0 radical (unpaired) electrons. The number of rotatable bonds is 7. The van der Waals surface area contributed by atoms with Crippen LogP contribution in [0, 0.1) is 0 Å². The molecular formula is C23H30N3O3S+. The van der Waals surface area contributed by atoms with Crippen molar-refractivity contribution < 1.29 is 18.1 Å². The highest BCUT2D eigenvalue weighted by molar-refractivity contribution is 7.89. The van der Waals surface area contributed by atoms with Gasteiger partial charge in [0, 0.05) is 25.2 Å². The fourth-order valence-corrected chi connectivity index (χ4v) is 4.81. The predicted molar refractivity (Wildman–Crippen MR) is 120 cm³/mol. The highest BCUT2D eigenvalue weighted by Gasteiger charge is 2.23. The third kappa shape index (κ3) is 5.36. The molecule has 1 aliphatic rings. The summed E-state index contributed by atoms with van der Waals surface area (Å²) in [6, 6.07) is 16.5. The van der Waals surface area contributed by atoms with E-state index in [1.54, 1.807) is 19.2 Å². The molecule has 1 aliphatic heterocycles. The summed E-state index contributed by atoms with van der Waals surface area (Å²) in [7, 11) is -1.96. The molecule has 1 heterocycles. The third-order valence-corrected chi connectivity index (χ3v) is 7.53. The van der Waals surface area contributed by atoms with E-state index in [4.69, 9.17) is 0 Å². The van der Waals surface area contributed by atoms with Crippen LogP contribution in [0.15, 0.2) is 65.6 Å². The van der Waals surface area contributed by atoms with Gasteiger partial charge in [-0.2, -0.15) is 4.31 Å². The van der Waals surface area contributed by atoms with E-state index in [2.05, 4.69) is 23.5 Å². The fourth-order valence-electron chi connectivity index (χ4n) is 3.44. The molecule has 2 N–H and O–H groups in total. The second kappa shape index (κ2) is 9.55. The molecule has 1 atom stereocenters. The van der Waals surface area contributed by atoms with Crippen LogP contribution in [0.5, 0.6) is 0 Å². The van der Waals surface area contributed by atoms with E-state index >= 15 is 0 Å². The smallest absolute Gasteiger partial charge is 0.279 e. The molecule has 0 spiro atoms. The van der Waals surface area contributed by atoms with Gasteiger partial charge in [0.1, 0.15) is 0 Å². The number of nitrogens with zero attached hydrogens (tertiary/aromatic N) is 1. The summed E-state index contributed by atoms with van der Waals surface area (Å²) >= 11 is 0. The molecule has 30 heavy (non-hydrogen) atoms. The van der Waals surface area contributed by atoms with Crippen molar-refractivity contribution in [1.82, 2.24) is 4.31 Å². The molecule has 2 aromatic rings. The van der Waals surface area contributed by atoms with Crippen molar-refractivity contribution in [2.24, 2.45) is 0 Å². The normalized spacial score (nSPS) is 17.1. The lowest BCUT2D eigenvalue weighted by atomic mass is 10.00. The number of quaternary nitrogens is 1. The van der Waals surface area contributed by atoms with Crippen LogP contribution in [-0.4, -0.2) is 51.4 Å². The predicted octanol–water partition coefficient (Wildman–Crippen LogP) is 2.03. The number of sulfonamides is 1. The Morgan fingerprint density at radius 2 is 1.77 bits per heavy atom. The summed E-state index contributed by atoms with van der Waals surface area (Å²) in [5, 5.41) is 2.87. The van der Waals surface area contributed by atoms with E-state index < -0.39 is 10.0 Å². The molecule has 1 unspecified atom stereocenters. The molecule has 6 nitrogen and oxygen atoms in total. The first-order valence-electron chi connectivity index (χ1n) is 10.2. The third-order valence-electron chi connectivity index (χ3n) is 5.48. The average Bonchev–Trinajstić information content (AvgIpc) is 2.74. The van der Waals surface area contributed by atoms with Crippen LogP contribution < -0.4 is 10.2 Å². The molecule has 0 aromatic heterocycles.